The molecule has 0 aliphatic heterocycles. The van der Waals surface area contributed by atoms with E-state index >= 15 is 0 Å². The van der Waals surface area contributed by atoms with Crippen molar-refractivity contribution in [2.45, 2.75) is 43.8 Å². The molecule has 1 aromatic carbocycles. The summed E-state index contributed by atoms with van der Waals surface area (Å²) in [6, 6.07) is 7.64. The van der Waals surface area contributed by atoms with Crippen molar-refractivity contribution < 1.29 is 9.13 Å². The van der Waals surface area contributed by atoms with Gasteiger partial charge in [-0.2, -0.15) is 0 Å². The lowest BCUT2D eigenvalue weighted by Crippen LogP contribution is -2.39. The predicted octanol–water partition coefficient (Wildman–Crippen LogP) is 2.85. The summed E-state index contributed by atoms with van der Waals surface area (Å²) in [7, 11) is 1.63. The summed E-state index contributed by atoms with van der Waals surface area (Å²) >= 11 is 0. The molecule has 2 unspecified atom stereocenters. The lowest BCUT2D eigenvalue weighted by molar-refractivity contribution is 0.0965. The first kappa shape index (κ1) is 12.4. The van der Waals surface area contributed by atoms with E-state index in [2.05, 4.69) is 0 Å². The van der Waals surface area contributed by atoms with Crippen LogP contribution in [0.25, 0.3) is 0 Å². The van der Waals surface area contributed by atoms with Crippen LogP contribution in [0.4, 0.5) is 4.39 Å². The summed E-state index contributed by atoms with van der Waals surface area (Å²) in [6.45, 7) is 0. The number of nitrogens with two attached hydrogens (primary N) is 1. The molecule has 1 aliphatic carbocycles. The highest BCUT2D eigenvalue weighted by atomic mass is 19.1. The molecule has 1 aromatic rings. The molecular weight excluding hydrogens is 217 g/mol. The minimum Gasteiger partial charge on any atom is -0.497 e. The molecule has 0 amide bonds. The average molecular weight is 237 g/mol. The number of alkyl halides is 1. The Hall–Kier alpha value is -1.09. The number of hydrogen-bond acceptors (Lipinski definition) is 2. The Morgan fingerprint density at radius 3 is 3.06 bits per heavy atom. The van der Waals surface area contributed by atoms with Crippen LogP contribution < -0.4 is 10.5 Å². The molecular formula is C14H20FNO. The van der Waals surface area contributed by atoms with Gasteiger partial charge in [-0.25, -0.2) is 4.39 Å². The topological polar surface area (TPSA) is 35.2 Å². The van der Waals surface area contributed by atoms with Crippen molar-refractivity contribution >= 4 is 0 Å². The molecule has 1 saturated carbocycles. The van der Waals surface area contributed by atoms with Crippen molar-refractivity contribution in [3.63, 3.8) is 0 Å². The SMILES string of the molecule is COc1cccc(CC2(F)CCCC(N)C2)c1. The van der Waals surface area contributed by atoms with E-state index in [1.807, 2.05) is 24.3 Å². The highest BCUT2D eigenvalue weighted by Gasteiger charge is 2.35. The smallest absolute Gasteiger partial charge is 0.119 e. The molecule has 3 heteroatoms. The monoisotopic (exact) mass is 237 g/mol. The minimum atomic E-state index is -1.13. The highest BCUT2D eigenvalue weighted by Crippen LogP contribution is 2.34. The third-order valence-electron chi connectivity index (χ3n) is 3.48. The fourth-order valence-electron chi connectivity index (χ4n) is 2.66. The third-order valence-corrected chi connectivity index (χ3v) is 3.48. The molecule has 17 heavy (non-hydrogen) atoms. The first-order valence-corrected chi connectivity index (χ1v) is 6.19. The normalized spacial score (nSPS) is 29.0. The van der Waals surface area contributed by atoms with Gasteiger partial charge in [0.05, 0.1) is 7.11 Å². The summed E-state index contributed by atoms with van der Waals surface area (Å²) in [5.41, 5.74) is 5.71. The van der Waals surface area contributed by atoms with E-state index in [-0.39, 0.29) is 6.04 Å². The van der Waals surface area contributed by atoms with Crippen molar-refractivity contribution in [3.8, 4) is 5.75 Å². The second kappa shape index (κ2) is 5.05. The molecule has 0 bridgehead atoms. The van der Waals surface area contributed by atoms with Crippen molar-refractivity contribution in [2.75, 3.05) is 7.11 Å². The zero-order chi connectivity index (χ0) is 12.3. The van der Waals surface area contributed by atoms with E-state index in [4.69, 9.17) is 10.5 Å². The van der Waals surface area contributed by atoms with Gasteiger partial charge in [0.25, 0.3) is 0 Å². The molecule has 1 aliphatic rings. The summed E-state index contributed by atoms with van der Waals surface area (Å²) in [6.07, 6.45) is 3.38. The third kappa shape index (κ3) is 3.19. The first-order valence-electron chi connectivity index (χ1n) is 6.19. The van der Waals surface area contributed by atoms with Crippen LogP contribution in [0.3, 0.4) is 0 Å². The Labute approximate surface area is 102 Å². The van der Waals surface area contributed by atoms with Gasteiger partial charge < -0.3 is 10.5 Å². The van der Waals surface area contributed by atoms with Gasteiger partial charge in [0.2, 0.25) is 0 Å². The summed E-state index contributed by atoms with van der Waals surface area (Å²) < 4.78 is 19.8. The lowest BCUT2D eigenvalue weighted by atomic mass is 9.80. The van der Waals surface area contributed by atoms with Gasteiger partial charge in [0.15, 0.2) is 0 Å². The first-order chi connectivity index (χ1) is 8.11. The predicted molar refractivity (Wildman–Crippen MR) is 67.0 cm³/mol. The Morgan fingerprint density at radius 1 is 1.53 bits per heavy atom. The maximum absolute atomic E-state index is 14.6. The van der Waals surface area contributed by atoms with Gasteiger partial charge in [0, 0.05) is 12.5 Å². The summed E-state index contributed by atoms with van der Waals surface area (Å²) in [5.74, 6) is 0.784. The quantitative estimate of drug-likeness (QED) is 0.877. The standard InChI is InChI=1S/C14H20FNO/c1-17-13-6-2-4-11(8-13)9-14(15)7-3-5-12(16)10-14/h2,4,6,8,12H,3,5,7,9-10,16H2,1H3. The number of hydrogen-bond donors (Lipinski definition) is 1. The van der Waals surface area contributed by atoms with Gasteiger partial charge in [-0.15, -0.1) is 0 Å². The minimum absolute atomic E-state index is 0.0133. The van der Waals surface area contributed by atoms with Crippen LogP contribution in [0.5, 0.6) is 5.75 Å². The van der Waals surface area contributed by atoms with E-state index in [0.717, 1.165) is 24.2 Å². The van der Waals surface area contributed by atoms with E-state index in [0.29, 0.717) is 19.3 Å². The van der Waals surface area contributed by atoms with Crippen LogP contribution in [0, 0.1) is 0 Å². The highest BCUT2D eigenvalue weighted by molar-refractivity contribution is 5.29. The van der Waals surface area contributed by atoms with E-state index < -0.39 is 5.67 Å². The number of ether oxygens (including phenoxy) is 1. The Balaban J connectivity index is 2.08. The van der Waals surface area contributed by atoms with E-state index in [9.17, 15) is 4.39 Å². The second-order valence-electron chi connectivity index (χ2n) is 5.04. The van der Waals surface area contributed by atoms with Crippen molar-refractivity contribution in [1.82, 2.24) is 0 Å². The number of rotatable bonds is 3. The van der Waals surface area contributed by atoms with Gasteiger partial charge in [-0.3, -0.25) is 0 Å². The molecule has 2 rings (SSSR count). The molecule has 0 aromatic heterocycles. The van der Waals surface area contributed by atoms with Crippen LogP contribution in [0.2, 0.25) is 0 Å². The molecule has 0 radical (unpaired) electrons. The molecule has 0 spiro atoms. The van der Waals surface area contributed by atoms with Crippen molar-refractivity contribution in [1.29, 1.82) is 0 Å². The number of halogens is 1. The molecule has 0 saturated heterocycles. The molecule has 2 N–H and O–H groups in total. The lowest BCUT2D eigenvalue weighted by Gasteiger charge is -2.33. The largest absolute Gasteiger partial charge is 0.497 e. The average Bonchev–Trinajstić information content (AvgIpc) is 2.28. The Bertz CT molecular complexity index is 382. The van der Waals surface area contributed by atoms with Crippen LogP contribution in [-0.2, 0) is 6.42 Å². The zero-order valence-electron chi connectivity index (χ0n) is 10.3. The zero-order valence-corrected chi connectivity index (χ0v) is 10.3. The molecule has 94 valence electrons. The fraction of sp³-hybridized carbons (Fsp3) is 0.571. The molecule has 0 heterocycles. The van der Waals surface area contributed by atoms with Gasteiger partial charge in [-0.1, -0.05) is 12.1 Å². The van der Waals surface area contributed by atoms with Gasteiger partial charge in [-0.05, 0) is 43.4 Å². The molecule has 2 atom stereocenters. The maximum atomic E-state index is 14.6. The van der Waals surface area contributed by atoms with Crippen molar-refractivity contribution in [3.05, 3.63) is 29.8 Å². The maximum Gasteiger partial charge on any atom is 0.119 e. The Morgan fingerprint density at radius 2 is 2.35 bits per heavy atom. The number of benzene rings is 1. The Kier molecular flexibility index (Phi) is 3.67. The van der Waals surface area contributed by atoms with Gasteiger partial charge in [0.1, 0.15) is 11.4 Å². The van der Waals surface area contributed by atoms with Gasteiger partial charge >= 0.3 is 0 Å². The van der Waals surface area contributed by atoms with Crippen molar-refractivity contribution in [2.24, 2.45) is 5.73 Å². The molecule has 1 fully saturated rings. The van der Waals surface area contributed by atoms with Crippen LogP contribution >= 0.6 is 0 Å². The molecule has 2 nitrogen and oxygen atoms in total. The van der Waals surface area contributed by atoms with Crippen LogP contribution in [0.1, 0.15) is 31.2 Å². The second-order valence-corrected chi connectivity index (χ2v) is 5.04. The fourth-order valence-corrected chi connectivity index (χ4v) is 2.66. The van der Waals surface area contributed by atoms with E-state index in [1.54, 1.807) is 7.11 Å². The van der Waals surface area contributed by atoms with E-state index in [1.165, 1.54) is 0 Å². The van der Waals surface area contributed by atoms with Crippen LogP contribution in [0.15, 0.2) is 24.3 Å². The summed E-state index contributed by atoms with van der Waals surface area (Å²) in [5, 5.41) is 0. The number of methoxy groups -OCH3 is 1. The summed E-state index contributed by atoms with van der Waals surface area (Å²) in [4.78, 5) is 0. The van der Waals surface area contributed by atoms with Crippen LogP contribution in [-0.4, -0.2) is 18.8 Å².